The van der Waals surface area contributed by atoms with Crippen molar-refractivity contribution in [2.75, 3.05) is 6.54 Å². The van der Waals surface area contributed by atoms with Crippen molar-refractivity contribution in [1.29, 1.82) is 0 Å². The Hall–Kier alpha value is -1.15. The smallest absolute Gasteiger partial charge is 0.153 e. The highest BCUT2D eigenvalue weighted by Gasteiger charge is 2.39. The van der Waals surface area contributed by atoms with Crippen LogP contribution >= 0.6 is 0 Å². The number of aryl methyl sites for hydroxylation is 1. The molecule has 20 heavy (non-hydrogen) atoms. The summed E-state index contributed by atoms with van der Waals surface area (Å²) in [5, 5.41) is 3.48. The molecule has 0 aromatic heterocycles. The fourth-order valence-corrected chi connectivity index (χ4v) is 4.03. The highest BCUT2D eigenvalue weighted by Crippen LogP contribution is 2.36. The Morgan fingerprint density at radius 3 is 2.95 bits per heavy atom. The van der Waals surface area contributed by atoms with Gasteiger partial charge in [0.25, 0.3) is 0 Å². The normalized spacial score (nSPS) is 29.1. The molecule has 0 amide bonds. The van der Waals surface area contributed by atoms with Crippen LogP contribution in [-0.2, 0) is 11.2 Å². The van der Waals surface area contributed by atoms with Gasteiger partial charge in [-0.2, -0.15) is 0 Å². The molecule has 1 saturated heterocycles. The third kappa shape index (κ3) is 2.42. The van der Waals surface area contributed by atoms with E-state index in [9.17, 15) is 4.79 Å². The Balaban J connectivity index is 1.77. The number of benzene rings is 1. The first-order valence-electron chi connectivity index (χ1n) is 8.11. The van der Waals surface area contributed by atoms with E-state index in [1.54, 1.807) is 0 Å². The van der Waals surface area contributed by atoms with Crippen LogP contribution in [0.4, 0.5) is 0 Å². The Bertz CT molecular complexity index is 488. The number of fused-ring (bicyclic) bond motifs is 1. The van der Waals surface area contributed by atoms with Crippen LogP contribution in [0.3, 0.4) is 0 Å². The molecule has 3 rings (SSSR count). The number of hydrogen-bond donors (Lipinski definition) is 1. The molecule has 108 valence electrons. The van der Waals surface area contributed by atoms with E-state index in [4.69, 9.17) is 0 Å². The second-order valence-corrected chi connectivity index (χ2v) is 6.38. The summed E-state index contributed by atoms with van der Waals surface area (Å²) in [6, 6.07) is 8.70. The van der Waals surface area contributed by atoms with Crippen molar-refractivity contribution in [1.82, 2.24) is 5.32 Å². The van der Waals surface area contributed by atoms with Gasteiger partial charge in [0.1, 0.15) is 0 Å². The number of nitrogens with one attached hydrogen (secondary N) is 1. The number of carbonyl (C=O) groups is 1. The minimum atomic E-state index is -0.216. The molecule has 1 fully saturated rings. The molecular weight excluding hydrogens is 246 g/mol. The first kappa shape index (κ1) is 13.8. The summed E-state index contributed by atoms with van der Waals surface area (Å²) in [4.78, 5) is 12.8. The molecular formula is C18H25NO. The minimum absolute atomic E-state index is 0.216. The fraction of sp³-hybridized carbons (Fsp3) is 0.611. The average molecular weight is 271 g/mol. The van der Waals surface area contributed by atoms with E-state index in [1.165, 1.54) is 30.4 Å². The van der Waals surface area contributed by atoms with Crippen LogP contribution in [0, 0.1) is 0 Å². The first-order valence-corrected chi connectivity index (χ1v) is 8.11. The average Bonchev–Trinajstić information content (AvgIpc) is 2.98. The van der Waals surface area contributed by atoms with Gasteiger partial charge in [0.15, 0.2) is 5.78 Å². The van der Waals surface area contributed by atoms with E-state index in [0.717, 1.165) is 32.2 Å². The van der Waals surface area contributed by atoms with E-state index in [1.807, 2.05) is 0 Å². The van der Waals surface area contributed by atoms with Gasteiger partial charge in [0, 0.05) is 6.42 Å². The maximum absolute atomic E-state index is 12.8. The molecule has 1 heterocycles. The van der Waals surface area contributed by atoms with Gasteiger partial charge in [-0.05, 0) is 62.1 Å². The van der Waals surface area contributed by atoms with Crippen molar-refractivity contribution in [2.45, 2.75) is 63.3 Å². The van der Waals surface area contributed by atoms with Gasteiger partial charge in [-0.1, -0.05) is 31.2 Å². The Morgan fingerprint density at radius 2 is 2.20 bits per heavy atom. The van der Waals surface area contributed by atoms with E-state index < -0.39 is 0 Å². The molecule has 2 heteroatoms. The summed E-state index contributed by atoms with van der Waals surface area (Å²) in [5.41, 5.74) is 2.67. The van der Waals surface area contributed by atoms with Crippen LogP contribution in [0.5, 0.6) is 0 Å². The molecule has 1 aromatic rings. The van der Waals surface area contributed by atoms with Crippen LogP contribution in [-0.4, -0.2) is 17.9 Å². The largest absolute Gasteiger partial charge is 0.305 e. The van der Waals surface area contributed by atoms with Crippen molar-refractivity contribution < 1.29 is 4.79 Å². The van der Waals surface area contributed by atoms with Gasteiger partial charge in [-0.15, -0.1) is 0 Å². The lowest BCUT2D eigenvalue weighted by Crippen LogP contribution is -2.47. The monoisotopic (exact) mass is 271 g/mol. The lowest BCUT2D eigenvalue weighted by molar-refractivity contribution is -0.125. The summed E-state index contributed by atoms with van der Waals surface area (Å²) in [6.45, 7) is 3.14. The maximum Gasteiger partial charge on any atom is 0.153 e. The number of ketones is 1. The third-order valence-electron chi connectivity index (χ3n) is 5.31. The van der Waals surface area contributed by atoms with Crippen molar-refractivity contribution in [3.8, 4) is 0 Å². The number of rotatable bonds is 4. The molecule has 2 atom stereocenters. The van der Waals surface area contributed by atoms with Crippen LogP contribution in [0.15, 0.2) is 24.3 Å². The van der Waals surface area contributed by atoms with E-state index in [-0.39, 0.29) is 5.54 Å². The fourth-order valence-electron chi connectivity index (χ4n) is 4.03. The summed E-state index contributed by atoms with van der Waals surface area (Å²) < 4.78 is 0. The summed E-state index contributed by atoms with van der Waals surface area (Å²) in [6.07, 6.45) is 7.39. The van der Waals surface area contributed by atoms with Crippen LogP contribution < -0.4 is 5.32 Å². The highest BCUT2D eigenvalue weighted by molar-refractivity contribution is 5.89. The van der Waals surface area contributed by atoms with Crippen LogP contribution in [0.25, 0.3) is 0 Å². The first-order chi connectivity index (χ1) is 9.75. The molecule has 2 aliphatic rings. The van der Waals surface area contributed by atoms with Crippen molar-refractivity contribution in [3.05, 3.63) is 35.4 Å². The van der Waals surface area contributed by atoms with E-state index in [0.29, 0.717) is 11.7 Å². The zero-order chi connectivity index (χ0) is 14.0. The second-order valence-electron chi connectivity index (χ2n) is 6.38. The summed E-state index contributed by atoms with van der Waals surface area (Å²) in [5.74, 6) is 0.887. The van der Waals surface area contributed by atoms with Gasteiger partial charge >= 0.3 is 0 Å². The molecule has 1 aromatic carbocycles. The predicted octanol–water partition coefficient (Wildman–Crippen LogP) is 3.60. The Kier molecular flexibility index (Phi) is 3.93. The second kappa shape index (κ2) is 5.69. The molecule has 2 nitrogen and oxygen atoms in total. The molecule has 0 radical (unpaired) electrons. The van der Waals surface area contributed by atoms with Crippen LogP contribution in [0.1, 0.15) is 62.5 Å². The molecule has 0 spiro atoms. The molecule has 1 aliphatic heterocycles. The summed E-state index contributed by atoms with van der Waals surface area (Å²) in [7, 11) is 0. The summed E-state index contributed by atoms with van der Waals surface area (Å²) >= 11 is 0. The Labute approximate surface area is 122 Å². The SMILES string of the molecule is CCC1(C(=O)CC2CCCc3ccccc32)CCCN1. The van der Waals surface area contributed by atoms with Gasteiger partial charge in [-0.3, -0.25) is 4.79 Å². The number of hydrogen-bond acceptors (Lipinski definition) is 2. The highest BCUT2D eigenvalue weighted by atomic mass is 16.1. The lowest BCUT2D eigenvalue weighted by atomic mass is 9.76. The standard InChI is InChI=1S/C18H25NO/c1-2-18(11-6-12-19-18)17(20)13-15-9-5-8-14-7-3-4-10-16(14)15/h3-4,7,10,15,19H,2,5-6,8-9,11-13H2,1H3. The predicted molar refractivity (Wildman–Crippen MR) is 82.0 cm³/mol. The van der Waals surface area contributed by atoms with Gasteiger partial charge in [0.2, 0.25) is 0 Å². The lowest BCUT2D eigenvalue weighted by Gasteiger charge is -2.31. The molecule has 2 unspecified atom stereocenters. The van der Waals surface area contributed by atoms with E-state index in [2.05, 4.69) is 36.5 Å². The molecule has 1 aliphatic carbocycles. The quantitative estimate of drug-likeness (QED) is 0.906. The van der Waals surface area contributed by atoms with Gasteiger partial charge < -0.3 is 5.32 Å². The Morgan fingerprint density at radius 1 is 1.35 bits per heavy atom. The molecule has 1 N–H and O–H groups in total. The number of Topliss-reactive ketones (excluding diaryl/α,β-unsaturated/α-hetero) is 1. The zero-order valence-electron chi connectivity index (χ0n) is 12.5. The zero-order valence-corrected chi connectivity index (χ0v) is 12.5. The van der Waals surface area contributed by atoms with Crippen LogP contribution in [0.2, 0.25) is 0 Å². The van der Waals surface area contributed by atoms with Crippen molar-refractivity contribution >= 4 is 5.78 Å². The minimum Gasteiger partial charge on any atom is -0.305 e. The molecule has 0 saturated carbocycles. The number of carbonyl (C=O) groups excluding carboxylic acids is 1. The van der Waals surface area contributed by atoms with Crippen molar-refractivity contribution in [2.24, 2.45) is 0 Å². The van der Waals surface area contributed by atoms with Crippen molar-refractivity contribution in [3.63, 3.8) is 0 Å². The van der Waals surface area contributed by atoms with E-state index >= 15 is 0 Å². The van der Waals surface area contributed by atoms with Gasteiger partial charge in [-0.25, -0.2) is 0 Å². The van der Waals surface area contributed by atoms with Gasteiger partial charge in [0.05, 0.1) is 5.54 Å². The third-order valence-corrected chi connectivity index (χ3v) is 5.31. The topological polar surface area (TPSA) is 29.1 Å². The molecule has 0 bridgehead atoms. The maximum atomic E-state index is 12.8.